The predicted octanol–water partition coefficient (Wildman–Crippen LogP) is 4.00. The van der Waals surface area contributed by atoms with Gasteiger partial charge in [-0.15, -0.1) is 0 Å². The highest BCUT2D eigenvalue weighted by molar-refractivity contribution is 9.10. The van der Waals surface area contributed by atoms with E-state index in [1.807, 2.05) is 25.1 Å². The van der Waals surface area contributed by atoms with E-state index in [0.717, 1.165) is 4.47 Å². The Morgan fingerprint density at radius 1 is 1.16 bits per heavy atom. The lowest BCUT2D eigenvalue weighted by molar-refractivity contribution is -0.140. The van der Waals surface area contributed by atoms with Crippen LogP contribution in [-0.2, 0) is 14.3 Å². The standard InChI is InChI=1S/C22H21BrN2O5S/c1-4-30-19-10-5-15(23)11-14(19)12-18-21(27)25(16-6-8-17(28-2)9-7-16)22(31)24(18)13-20(26)29-3/h5-12H,4,13H2,1-3H3/b18-12-. The molecule has 0 aromatic heterocycles. The number of carbonyl (C=O) groups excluding carboxylic acids is 2. The van der Waals surface area contributed by atoms with Gasteiger partial charge in [-0.2, -0.15) is 0 Å². The van der Waals surface area contributed by atoms with Crippen molar-refractivity contribution in [1.29, 1.82) is 0 Å². The first-order chi connectivity index (χ1) is 14.9. The number of ether oxygens (including phenoxy) is 3. The zero-order valence-corrected chi connectivity index (χ0v) is 19.7. The van der Waals surface area contributed by atoms with Gasteiger partial charge in [-0.25, -0.2) is 0 Å². The largest absolute Gasteiger partial charge is 0.497 e. The number of benzene rings is 2. The van der Waals surface area contributed by atoms with Crippen molar-refractivity contribution in [2.75, 3.05) is 32.3 Å². The van der Waals surface area contributed by atoms with E-state index < -0.39 is 5.97 Å². The fourth-order valence-corrected chi connectivity index (χ4v) is 3.78. The van der Waals surface area contributed by atoms with E-state index in [1.165, 1.54) is 16.9 Å². The van der Waals surface area contributed by atoms with Crippen LogP contribution in [0.25, 0.3) is 6.08 Å². The minimum atomic E-state index is -0.517. The molecule has 1 amide bonds. The molecule has 1 saturated heterocycles. The molecule has 1 aliphatic rings. The summed E-state index contributed by atoms with van der Waals surface area (Å²) in [5.74, 6) is 0.384. The lowest BCUT2D eigenvalue weighted by Crippen LogP contribution is -2.35. The smallest absolute Gasteiger partial charge is 0.325 e. The molecule has 2 aromatic rings. The molecule has 0 bridgehead atoms. The number of hydrogen-bond acceptors (Lipinski definition) is 6. The Kier molecular flexibility index (Phi) is 7.29. The molecule has 31 heavy (non-hydrogen) atoms. The van der Waals surface area contributed by atoms with E-state index in [9.17, 15) is 9.59 Å². The van der Waals surface area contributed by atoms with E-state index in [2.05, 4.69) is 15.9 Å². The number of nitrogens with zero attached hydrogens (tertiary/aromatic N) is 2. The molecule has 162 valence electrons. The summed E-state index contributed by atoms with van der Waals surface area (Å²) in [6.07, 6.45) is 1.66. The van der Waals surface area contributed by atoms with Crippen LogP contribution in [0, 0.1) is 0 Å². The zero-order chi connectivity index (χ0) is 22.5. The molecule has 0 aliphatic carbocycles. The van der Waals surface area contributed by atoms with Crippen LogP contribution < -0.4 is 14.4 Å². The van der Waals surface area contributed by atoms with Crippen LogP contribution in [0.4, 0.5) is 5.69 Å². The summed E-state index contributed by atoms with van der Waals surface area (Å²) in [6.45, 7) is 2.15. The molecule has 1 heterocycles. The molecule has 0 spiro atoms. The molecule has 1 fully saturated rings. The van der Waals surface area contributed by atoms with Gasteiger partial charge < -0.3 is 19.1 Å². The second-order valence-electron chi connectivity index (χ2n) is 6.43. The Hall–Kier alpha value is -2.91. The van der Waals surface area contributed by atoms with Crippen molar-refractivity contribution in [3.05, 3.63) is 58.2 Å². The van der Waals surface area contributed by atoms with E-state index in [4.69, 9.17) is 26.4 Å². The van der Waals surface area contributed by atoms with Gasteiger partial charge in [0.2, 0.25) is 0 Å². The fourth-order valence-electron chi connectivity index (χ4n) is 3.05. The molecule has 0 radical (unpaired) electrons. The van der Waals surface area contributed by atoms with Crippen molar-refractivity contribution in [2.45, 2.75) is 6.92 Å². The molecule has 2 aromatic carbocycles. The van der Waals surface area contributed by atoms with Crippen LogP contribution in [0.5, 0.6) is 11.5 Å². The Bertz CT molecular complexity index is 1040. The number of halogens is 1. The molecule has 0 atom stereocenters. The van der Waals surface area contributed by atoms with Crippen molar-refractivity contribution in [3.63, 3.8) is 0 Å². The third kappa shape index (κ3) is 4.88. The number of amides is 1. The third-order valence-electron chi connectivity index (χ3n) is 4.54. The van der Waals surface area contributed by atoms with Crippen molar-refractivity contribution < 1.29 is 23.8 Å². The molecule has 1 aliphatic heterocycles. The van der Waals surface area contributed by atoms with Gasteiger partial charge in [-0.1, -0.05) is 15.9 Å². The van der Waals surface area contributed by atoms with Gasteiger partial charge in [0.25, 0.3) is 5.91 Å². The van der Waals surface area contributed by atoms with Gasteiger partial charge in [0.05, 0.1) is 26.5 Å². The first kappa shape index (κ1) is 22.8. The summed E-state index contributed by atoms with van der Waals surface area (Å²) in [7, 11) is 2.85. The Labute approximate surface area is 194 Å². The molecular weight excluding hydrogens is 484 g/mol. The SMILES string of the molecule is CCOc1ccc(Br)cc1/C=C1/C(=O)N(c2ccc(OC)cc2)C(=S)N1CC(=O)OC. The topological polar surface area (TPSA) is 68.3 Å². The molecule has 0 saturated carbocycles. The summed E-state index contributed by atoms with van der Waals surface area (Å²) in [4.78, 5) is 28.3. The van der Waals surface area contributed by atoms with E-state index in [-0.39, 0.29) is 23.3 Å². The van der Waals surface area contributed by atoms with Crippen LogP contribution in [0.3, 0.4) is 0 Å². The number of rotatable bonds is 7. The predicted molar refractivity (Wildman–Crippen MR) is 125 cm³/mol. The number of thiocarbonyl (C=S) groups is 1. The maximum absolute atomic E-state index is 13.4. The highest BCUT2D eigenvalue weighted by Gasteiger charge is 2.40. The summed E-state index contributed by atoms with van der Waals surface area (Å²) in [5.41, 5.74) is 1.48. The fraction of sp³-hybridized carbons (Fsp3) is 0.227. The molecule has 3 rings (SSSR count). The van der Waals surface area contributed by atoms with Crippen molar-refractivity contribution in [3.8, 4) is 11.5 Å². The van der Waals surface area contributed by atoms with Gasteiger partial charge in [0, 0.05) is 10.0 Å². The first-order valence-electron chi connectivity index (χ1n) is 9.40. The molecule has 7 nitrogen and oxygen atoms in total. The average molecular weight is 505 g/mol. The maximum atomic E-state index is 13.4. The monoisotopic (exact) mass is 504 g/mol. The Morgan fingerprint density at radius 3 is 2.48 bits per heavy atom. The normalized spacial score (nSPS) is 14.9. The number of methoxy groups -OCH3 is 2. The summed E-state index contributed by atoms with van der Waals surface area (Å²) in [6, 6.07) is 12.4. The molecule has 0 unspecified atom stereocenters. The van der Waals surface area contributed by atoms with Gasteiger partial charge >= 0.3 is 5.97 Å². The van der Waals surface area contributed by atoms with Gasteiger partial charge in [-0.3, -0.25) is 14.5 Å². The highest BCUT2D eigenvalue weighted by atomic mass is 79.9. The molecule has 0 N–H and O–H groups in total. The van der Waals surface area contributed by atoms with E-state index in [0.29, 0.717) is 29.4 Å². The number of carbonyl (C=O) groups is 2. The molecule has 9 heteroatoms. The minimum Gasteiger partial charge on any atom is -0.497 e. The summed E-state index contributed by atoms with van der Waals surface area (Å²) in [5, 5.41) is 0.180. The van der Waals surface area contributed by atoms with Crippen molar-refractivity contribution in [2.24, 2.45) is 0 Å². The lowest BCUT2D eigenvalue weighted by Gasteiger charge is -2.19. The summed E-state index contributed by atoms with van der Waals surface area (Å²) >= 11 is 9.01. The second kappa shape index (κ2) is 9.93. The number of esters is 1. The lowest BCUT2D eigenvalue weighted by atomic mass is 10.1. The van der Waals surface area contributed by atoms with Crippen LogP contribution in [0.15, 0.2) is 52.6 Å². The van der Waals surface area contributed by atoms with Crippen LogP contribution in [0.1, 0.15) is 12.5 Å². The van der Waals surface area contributed by atoms with E-state index in [1.54, 1.807) is 37.5 Å². The summed E-state index contributed by atoms with van der Waals surface area (Å²) < 4.78 is 16.5. The number of hydrogen-bond donors (Lipinski definition) is 0. The van der Waals surface area contributed by atoms with Crippen LogP contribution >= 0.6 is 28.1 Å². The third-order valence-corrected chi connectivity index (χ3v) is 5.44. The van der Waals surface area contributed by atoms with Crippen molar-refractivity contribution in [1.82, 2.24) is 4.90 Å². The number of anilines is 1. The average Bonchev–Trinajstić information content (AvgIpc) is 2.99. The quantitative estimate of drug-likeness (QED) is 0.320. The Morgan fingerprint density at radius 2 is 1.87 bits per heavy atom. The second-order valence-corrected chi connectivity index (χ2v) is 7.71. The van der Waals surface area contributed by atoms with Gasteiger partial charge in [0.15, 0.2) is 5.11 Å². The van der Waals surface area contributed by atoms with Crippen LogP contribution in [0.2, 0.25) is 0 Å². The maximum Gasteiger partial charge on any atom is 0.325 e. The Balaban J connectivity index is 2.08. The highest BCUT2D eigenvalue weighted by Crippen LogP contribution is 2.32. The molecular formula is C22H21BrN2O5S. The van der Waals surface area contributed by atoms with Gasteiger partial charge in [0.1, 0.15) is 23.7 Å². The van der Waals surface area contributed by atoms with Crippen LogP contribution in [-0.4, -0.2) is 49.3 Å². The minimum absolute atomic E-state index is 0.180. The zero-order valence-electron chi connectivity index (χ0n) is 17.3. The van der Waals surface area contributed by atoms with E-state index >= 15 is 0 Å². The first-order valence-corrected chi connectivity index (χ1v) is 10.6. The van der Waals surface area contributed by atoms with Gasteiger partial charge in [-0.05, 0) is 67.7 Å². The van der Waals surface area contributed by atoms with Crippen molar-refractivity contribution >= 4 is 56.9 Å².